The fraction of sp³-hybridized carbons (Fsp3) is 0.154. The lowest BCUT2D eigenvalue weighted by molar-refractivity contribution is 0.415. The van der Waals surface area contributed by atoms with Crippen molar-refractivity contribution in [2.45, 2.75) is 6.92 Å². The molecule has 0 saturated carbocycles. The number of methoxy groups -OCH3 is 1. The van der Waals surface area contributed by atoms with Crippen molar-refractivity contribution in [1.29, 1.82) is 0 Å². The maximum absolute atomic E-state index is 5.67. The summed E-state index contributed by atoms with van der Waals surface area (Å²) in [6.07, 6.45) is 1.71. The molecule has 0 amide bonds. The number of nitrogen functional groups attached to an aromatic ring is 1. The zero-order chi connectivity index (χ0) is 11.5. The molecular formula is C13H14N2O. The van der Waals surface area contributed by atoms with E-state index >= 15 is 0 Å². The van der Waals surface area contributed by atoms with Gasteiger partial charge in [-0.15, -0.1) is 0 Å². The van der Waals surface area contributed by atoms with Crippen molar-refractivity contribution in [3.8, 4) is 16.9 Å². The predicted octanol–water partition coefficient (Wildman–Crippen LogP) is 2.65. The number of pyridine rings is 1. The van der Waals surface area contributed by atoms with Crippen LogP contribution in [-0.2, 0) is 0 Å². The van der Waals surface area contributed by atoms with Crippen LogP contribution in [0.5, 0.6) is 5.75 Å². The number of hydrogen-bond acceptors (Lipinski definition) is 3. The van der Waals surface area contributed by atoms with Gasteiger partial charge in [0.15, 0.2) is 0 Å². The molecule has 3 nitrogen and oxygen atoms in total. The Kier molecular flexibility index (Phi) is 2.77. The molecule has 2 N–H and O–H groups in total. The number of rotatable bonds is 2. The van der Waals surface area contributed by atoms with E-state index in [1.54, 1.807) is 13.3 Å². The van der Waals surface area contributed by atoms with Crippen LogP contribution in [0, 0.1) is 6.92 Å². The molecule has 16 heavy (non-hydrogen) atoms. The molecule has 0 unspecified atom stereocenters. The third-order valence-corrected chi connectivity index (χ3v) is 2.54. The first-order valence-corrected chi connectivity index (χ1v) is 5.07. The topological polar surface area (TPSA) is 48.1 Å². The highest BCUT2D eigenvalue weighted by atomic mass is 16.5. The van der Waals surface area contributed by atoms with Crippen molar-refractivity contribution in [3.05, 3.63) is 42.1 Å². The van der Waals surface area contributed by atoms with Gasteiger partial charge in [0.2, 0.25) is 0 Å². The van der Waals surface area contributed by atoms with Crippen molar-refractivity contribution < 1.29 is 4.74 Å². The highest BCUT2D eigenvalue weighted by Gasteiger charge is 2.04. The quantitative estimate of drug-likeness (QED) is 0.836. The maximum atomic E-state index is 5.67. The number of hydrogen-bond donors (Lipinski definition) is 1. The Hall–Kier alpha value is -2.03. The second-order valence-electron chi connectivity index (χ2n) is 3.65. The normalized spacial score (nSPS) is 10.1. The van der Waals surface area contributed by atoms with E-state index in [4.69, 9.17) is 10.5 Å². The van der Waals surface area contributed by atoms with Gasteiger partial charge in [-0.2, -0.15) is 0 Å². The van der Waals surface area contributed by atoms with Gasteiger partial charge in [0.05, 0.1) is 7.11 Å². The average Bonchev–Trinajstić information content (AvgIpc) is 2.30. The molecule has 1 heterocycles. The van der Waals surface area contributed by atoms with Crippen LogP contribution in [0.4, 0.5) is 5.82 Å². The highest BCUT2D eigenvalue weighted by molar-refractivity contribution is 5.70. The third-order valence-electron chi connectivity index (χ3n) is 2.54. The molecule has 0 radical (unpaired) electrons. The Balaban J connectivity index is 2.54. The van der Waals surface area contributed by atoms with Crippen LogP contribution in [-0.4, -0.2) is 12.1 Å². The van der Waals surface area contributed by atoms with E-state index in [1.165, 1.54) is 5.56 Å². The van der Waals surface area contributed by atoms with Gasteiger partial charge >= 0.3 is 0 Å². The van der Waals surface area contributed by atoms with E-state index in [0.717, 1.165) is 16.9 Å². The van der Waals surface area contributed by atoms with Crippen LogP contribution in [0.2, 0.25) is 0 Å². The standard InChI is InChI=1S/C13H14N2O/c1-9-3-4-11(16-2)8-12(9)10-5-6-15-13(14)7-10/h3-8H,1-2H3,(H2,14,15). The molecule has 82 valence electrons. The molecular weight excluding hydrogens is 200 g/mol. The molecule has 0 saturated heterocycles. The highest BCUT2D eigenvalue weighted by Crippen LogP contribution is 2.27. The molecule has 2 rings (SSSR count). The van der Waals surface area contributed by atoms with E-state index in [-0.39, 0.29) is 0 Å². The summed E-state index contributed by atoms with van der Waals surface area (Å²) in [6, 6.07) is 9.79. The van der Waals surface area contributed by atoms with E-state index in [2.05, 4.69) is 11.9 Å². The van der Waals surface area contributed by atoms with Crippen LogP contribution in [0.15, 0.2) is 36.5 Å². The van der Waals surface area contributed by atoms with Gasteiger partial charge in [0.1, 0.15) is 11.6 Å². The van der Waals surface area contributed by atoms with Gasteiger partial charge in [0.25, 0.3) is 0 Å². The zero-order valence-electron chi connectivity index (χ0n) is 9.40. The van der Waals surface area contributed by atoms with Crippen LogP contribution >= 0.6 is 0 Å². The van der Waals surface area contributed by atoms with E-state index in [0.29, 0.717) is 5.82 Å². The van der Waals surface area contributed by atoms with Gasteiger partial charge < -0.3 is 10.5 Å². The molecule has 0 fully saturated rings. The summed E-state index contributed by atoms with van der Waals surface area (Å²) >= 11 is 0. The van der Waals surface area contributed by atoms with Gasteiger partial charge in [0, 0.05) is 6.20 Å². The average molecular weight is 214 g/mol. The smallest absolute Gasteiger partial charge is 0.123 e. The fourth-order valence-corrected chi connectivity index (χ4v) is 1.65. The second-order valence-corrected chi connectivity index (χ2v) is 3.65. The Morgan fingerprint density at radius 3 is 2.69 bits per heavy atom. The maximum Gasteiger partial charge on any atom is 0.123 e. The van der Waals surface area contributed by atoms with Crippen LogP contribution in [0.3, 0.4) is 0 Å². The minimum absolute atomic E-state index is 0.528. The monoisotopic (exact) mass is 214 g/mol. The summed E-state index contributed by atoms with van der Waals surface area (Å²) in [4.78, 5) is 3.98. The summed E-state index contributed by atoms with van der Waals surface area (Å²) in [7, 11) is 1.66. The van der Waals surface area contributed by atoms with Crippen molar-refractivity contribution >= 4 is 5.82 Å². The molecule has 1 aromatic carbocycles. The molecule has 0 aliphatic rings. The number of anilines is 1. The first-order valence-electron chi connectivity index (χ1n) is 5.07. The van der Waals surface area contributed by atoms with Gasteiger partial charge in [-0.1, -0.05) is 6.07 Å². The number of nitrogens with two attached hydrogens (primary N) is 1. The summed E-state index contributed by atoms with van der Waals surface area (Å²) in [5.41, 5.74) is 9.04. The van der Waals surface area contributed by atoms with Crippen molar-refractivity contribution in [1.82, 2.24) is 4.98 Å². The minimum atomic E-state index is 0.528. The predicted molar refractivity (Wildman–Crippen MR) is 65.4 cm³/mol. The first-order chi connectivity index (χ1) is 7.70. The lowest BCUT2D eigenvalue weighted by Crippen LogP contribution is -1.91. The molecule has 0 atom stereocenters. The summed E-state index contributed by atoms with van der Waals surface area (Å²) in [6.45, 7) is 2.06. The van der Waals surface area contributed by atoms with Crippen LogP contribution in [0.25, 0.3) is 11.1 Å². The zero-order valence-corrected chi connectivity index (χ0v) is 9.40. The van der Waals surface area contributed by atoms with Crippen LogP contribution < -0.4 is 10.5 Å². The SMILES string of the molecule is COc1ccc(C)c(-c2ccnc(N)c2)c1. The van der Waals surface area contributed by atoms with Crippen molar-refractivity contribution in [3.63, 3.8) is 0 Å². The first kappa shape index (κ1) is 10.5. The molecule has 1 aromatic heterocycles. The molecule has 0 aliphatic carbocycles. The van der Waals surface area contributed by atoms with E-state index in [9.17, 15) is 0 Å². The molecule has 0 aliphatic heterocycles. The van der Waals surface area contributed by atoms with Gasteiger partial charge in [-0.3, -0.25) is 0 Å². The number of ether oxygens (including phenoxy) is 1. The minimum Gasteiger partial charge on any atom is -0.497 e. The Bertz CT molecular complexity index is 509. The van der Waals surface area contributed by atoms with Crippen molar-refractivity contribution in [2.75, 3.05) is 12.8 Å². The Morgan fingerprint density at radius 1 is 1.19 bits per heavy atom. The summed E-state index contributed by atoms with van der Waals surface area (Å²) in [5, 5.41) is 0. The van der Waals surface area contributed by atoms with Gasteiger partial charge in [-0.05, 0) is 47.9 Å². The van der Waals surface area contributed by atoms with Gasteiger partial charge in [-0.25, -0.2) is 4.98 Å². The number of benzene rings is 1. The van der Waals surface area contributed by atoms with Crippen LogP contribution in [0.1, 0.15) is 5.56 Å². The molecule has 3 heteroatoms. The molecule has 0 spiro atoms. The second kappa shape index (κ2) is 4.23. The number of nitrogens with zero attached hydrogens (tertiary/aromatic N) is 1. The lowest BCUT2D eigenvalue weighted by atomic mass is 10.0. The Morgan fingerprint density at radius 2 is 2.00 bits per heavy atom. The largest absolute Gasteiger partial charge is 0.497 e. The van der Waals surface area contributed by atoms with E-state index < -0.39 is 0 Å². The third kappa shape index (κ3) is 1.98. The fourth-order valence-electron chi connectivity index (χ4n) is 1.65. The summed E-state index contributed by atoms with van der Waals surface area (Å²) in [5.74, 6) is 1.37. The molecule has 2 aromatic rings. The Labute approximate surface area is 94.9 Å². The summed E-state index contributed by atoms with van der Waals surface area (Å²) < 4.78 is 5.21. The molecule has 0 bridgehead atoms. The van der Waals surface area contributed by atoms with Crippen molar-refractivity contribution in [2.24, 2.45) is 0 Å². The lowest BCUT2D eigenvalue weighted by Gasteiger charge is -2.08. The van der Waals surface area contributed by atoms with E-state index in [1.807, 2.05) is 30.3 Å². The number of aromatic nitrogens is 1. The number of aryl methyl sites for hydroxylation is 1.